The number of hydrogen-bond acceptors (Lipinski definition) is 3. The van der Waals surface area contributed by atoms with Crippen LogP contribution in [0.1, 0.15) is 11.3 Å². The maximum Gasteiger partial charge on any atom is 0.225 e. The standard InChI is InChI=1S/C11H13ClN2O2S/c1-14-6-7(4-10(14)15)11(16)13-5-8-2-3-9(12)17-8/h2-3,7H,4-6H2,1H3,(H,13,16). The van der Waals surface area contributed by atoms with E-state index in [0.29, 0.717) is 23.8 Å². The fraction of sp³-hybridized carbons (Fsp3) is 0.455. The molecule has 1 N–H and O–H groups in total. The van der Waals surface area contributed by atoms with Crippen molar-refractivity contribution in [2.45, 2.75) is 13.0 Å². The van der Waals surface area contributed by atoms with Crippen molar-refractivity contribution < 1.29 is 9.59 Å². The Bertz CT molecular complexity index is 446. The molecule has 1 atom stereocenters. The molecule has 2 heterocycles. The van der Waals surface area contributed by atoms with Crippen LogP contribution in [0, 0.1) is 5.92 Å². The Hall–Kier alpha value is -1.07. The van der Waals surface area contributed by atoms with Crippen molar-refractivity contribution in [3.05, 3.63) is 21.3 Å². The van der Waals surface area contributed by atoms with Crippen molar-refractivity contribution in [3.8, 4) is 0 Å². The van der Waals surface area contributed by atoms with Crippen LogP contribution in [-0.4, -0.2) is 30.3 Å². The van der Waals surface area contributed by atoms with Gasteiger partial charge in [0.15, 0.2) is 0 Å². The lowest BCUT2D eigenvalue weighted by Crippen LogP contribution is -2.31. The minimum atomic E-state index is -0.220. The smallest absolute Gasteiger partial charge is 0.225 e. The first-order valence-electron chi connectivity index (χ1n) is 5.32. The summed E-state index contributed by atoms with van der Waals surface area (Å²) in [5, 5.41) is 2.83. The summed E-state index contributed by atoms with van der Waals surface area (Å²) in [6.07, 6.45) is 0.313. The van der Waals surface area contributed by atoms with Crippen LogP contribution in [0.3, 0.4) is 0 Å². The van der Waals surface area contributed by atoms with Crippen molar-refractivity contribution in [1.82, 2.24) is 10.2 Å². The number of nitrogens with zero attached hydrogens (tertiary/aromatic N) is 1. The van der Waals surface area contributed by atoms with E-state index in [0.717, 1.165) is 4.88 Å². The summed E-state index contributed by atoms with van der Waals surface area (Å²) in [7, 11) is 1.72. The fourth-order valence-corrected chi connectivity index (χ4v) is 2.83. The topological polar surface area (TPSA) is 49.4 Å². The normalized spacial score (nSPS) is 19.8. The van der Waals surface area contributed by atoms with Gasteiger partial charge >= 0.3 is 0 Å². The first kappa shape index (κ1) is 12.4. The highest BCUT2D eigenvalue weighted by molar-refractivity contribution is 7.16. The SMILES string of the molecule is CN1CC(C(=O)NCc2ccc(Cl)s2)CC1=O. The monoisotopic (exact) mass is 272 g/mol. The zero-order chi connectivity index (χ0) is 12.4. The number of hydrogen-bond donors (Lipinski definition) is 1. The molecular formula is C11H13ClN2O2S. The highest BCUT2D eigenvalue weighted by Crippen LogP contribution is 2.21. The van der Waals surface area contributed by atoms with Crippen molar-refractivity contribution in [2.24, 2.45) is 5.92 Å². The van der Waals surface area contributed by atoms with Crippen LogP contribution in [0.5, 0.6) is 0 Å². The molecule has 0 aliphatic carbocycles. The number of carbonyl (C=O) groups is 2. The summed E-state index contributed by atoms with van der Waals surface area (Å²) < 4.78 is 0.713. The van der Waals surface area contributed by atoms with Gasteiger partial charge in [0, 0.05) is 24.9 Å². The van der Waals surface area contributed by atoms with Crippen molar-refractivity contribution in [3.63, 3.8) is 0 Å². The average molecular weight is 273 g/mol. The van der Waals surface area contributed by atoms with Crippen LogP contribution in [0.25, 0.3) is 0 Å². The van der Waals surface area contributed by atoms with Gasteiger partial charge in [-0.05, 0) is 12.1 Å². The average Bonchev–Trinajstić information content (AvgIpc) is 2.83. The van der Waals surface area contributed by atoms with Gasteiger partial charge in [0.05, 0.1) is 16.8 Å². The summed E-state index contributed by atoms with van der Waals surface area (Å²) in [4.78, 5) is 25.7. The zero-order valence-corrected chi connectivity index (χ0v) is 11.0. The first-order chi connectivity index (χ1) is 8.06. The third-order valence-electron chi connectivity index (χ3n) is 2.78. The lowest BCUT2D eigenvalue weighted by molar-refractivity contribution is -0.128. The highest BCUT2D eigenvalue weighted by Gasteiger charge is 2.31. The Morgan fingerprint density at radius 3 is 2.94 bits per heavy atom. The van der Waals surface area contributed by atoms with E-state index in [-0.39, 0.29) is 17.7 Å². The van der Waals surface area contributed by atoms with Crippen molar-refractivity contribution in [2.75, 3.05) is 13.6 Å². The number of halogens is 1. The summed E-state index contributed by atoms with van der Waals surface area (Å²) in [5.74, 6) is -0.250. The lowest BCUT2D eigenvalue weighted by Gasteiger charge is -2.10. The molecule has 0 bridgehead atoms. The third-order valence-corrected chi connectivity index (χ3v) is 4.01. The van der Waals surface area contributed by atoms with E-state index < -0.39 is 0 Å². The van der Waals surface area contributed by atoms with E-state index in [1.54, 1.807) is 18.0 Å². The molecule has 6 heteroatoms. The largest absolute Gasteiger partial charge is 0.351 e. The molecule has 1 fully saturated rings. The molecule has 0 aromatic carbocycles. The third kappa shape index (κ3) is 2.98. The molecule has 1 saturated heterocycles. The molecule has 1 aromatic rings. The van der Waals surface area contributed by atoms with Gasteiger partial charge in [0.2, 0.25) is 11.8 Å². The lowest BCUT2D eigenvalue weighted by atomic mass is 10.1. The van der Waals surface area contributed by atoms with Gasteiger partial charge in [-0.1, -0.05) is 11.6 Å². The number of nitrogens with one attached hydrogen (secondary N) is 1. The second kappa shape index (κ2) is 5.06. The van der Waals surface area contributed by atoms with Crippen molar-refractivity contribution in [1.29, 1.82) is 0 Å². The van der Waals surface area contributed by atoms with Gasteiger partial charge in [-0.3, -0.25) is 9.59 Å². The van der Waals surface area contributed by atoms with E-state index >= 15 is 0 Å². The molecule has 0 radical (unpaired) electrons. The summed E-state index contributed by atoms with van der Waals surface area (Å²) in [6, 6.07) is 3.69. The Kier molecular flexibility index (Phi) is 3.69. The molecule has 1 aliphatic heterocycles. The van der Waals surface area contributed by atoms with Gasteiger partial charge in [0.25, 0.3) is 0 Å². The van der Waals surface area contributed by atoms with E-state index in [2.05, 4.69) is 5.32 Å². The Labute approximate surface area is 109 Å². The molecule has 1 unspecified atom stereocenters. The zero-order valence-electron chi connectivity index (χ0n) is 9.40. The Morgan fingerprint density at radius 1 is 1.65 bits per heavy atom. The summed E-state index contributed by atoms with van der Waals surface area (Å²) >= 11 is 7.24. The van der Waals surface area contributed by atoms with Crippen LogP contribution in [0.4, 0.5) is 0 Å². The quantitative estimate of drug-likeness (QED) is 0.906. The Morgan fingerprint density at radius 2 is 2.41 bits per heavy atom. The molecule has 1 aromatic heterocycles. The predicted molar refractivity (Wildman–Crippen MR) is 66.9 cm³/mol. The van der Waals surface area contributed by atoms with E-state index in [4.69, 9.17) is 11.6 Å². The predicted octanol–water partition coefficient (Wildman–Crippen LogP) is 1.50. The second-order valence-electron chi connectivity index (χ2n) is 4.10. The molecular weight excluding hydrogens is 260 g/mol. The van der Waals surface area contributed by atoms with Crippen LogP contribution in [0.15, 0.2) is 12.1 Å². The van der Waals surface area contributed by atoms with Gasteiger partial charge in [-0.2, -0.15) is 0 Å². The molecule has 4 nitrogen and oxygen atoms in total. The number of thiophene rings is 1. The molecule has 0 spiro atoms. The molecule has 17 heavy (non-hydrogen) atoms. The molecule has 92 valence electrons. The number of amides is 2. The van der Waals surface area contributed by atoms with Crippen LogP contribution < -0.4 is 5.32 Å². The maximum atomic E-state index is 11.8. The van der Waals surface area contributed by atoms with Crippen LogP contribution in [-0.2, 0) is 16.1 Å². The van der Waals surface area contributed by atoms with Gasteiger partial charge < -0.3 is 10.2 Å². The van der Waals surface area contributed by atoms with Crippen molar-refractivity contribution >= 4 is 34.8 Å². The van der Waals surface area contributed by atoms with Crippen LogP contribution >= 0.6 is 22.9 Å². The molecule has 1 aliphatic rings. The summed E-state index contributed by atoms with van der Waals surface area (Å²) in [5.41, 5.74) is 0. The first-order valence-corrected chi connectivity index (χ1v) is 6.51. The molecule has 2 rings (SSSR count). The molecule has 0 saturated carbocycles. The van der Waals surface area contributed by atoms with E-state index in [1.807, 2.05) is 6.07 Å². The fourth-order valence-electron chi connectivity index (χ4n) is 1.80. The summed E-state index contributed by atoms with van der Waals surface area (Å²) in [6.45, 7) is 0.987. The Balaban J connectivity index is 1.84. The highest BCUT2D eigenvalue weighted by atomic mass is 35.5. The van der Waals surface area contributed by atoms with Crippen LogP contribution in [0.2, 0.25) is 4.34 Å². The second-order valence-corrected chi connectivity index (χ2v) is 5.90. The van der Waals surface area contributed by atoms with E-state index in [9.17, 15) is 9.59 Å². The minimum Gasteiger partial charge on any atom is -0.351 e. The molecule has 2 amide bonds. The van der Waals surface area contributed by atoms with Gasteiger partial charge in [-0.25, -0.2) is 0 Å². The number of likely N-dealkylation sites (tertiary alicyclic amines) is 1. The van der Waals surface area contributed by atoms with Gasteiger partial charge in [-0.15, -0.1) is 11.3 Å². The number of carbonyl (C=O) groups excluding carboxylic acids is 2. The van der Waals surface area contributed by atoms with Gasteiger partial charge in [0.1, 0.15) is 0 Å². The van der Waals surface area contributed by atoms with E-state index in [1.165, 1.54) is 11.3 Å². The number of rotatable bonds is 3. The maximum absolute atomic E-state index is 11.8. The minimum absolute atomic E-state index is 0.0318.